The van der Waals surface area contributed by atoms with Crippen LogP contribution in [0.15, 0.2) is 30.3 Å². The highest BCUT2D eigenvalue weighted by atomic mass is 16.2. The van der Waals surface area contributed by atoms with Crippen LogP contribution in [0.3, 0.4) is 0 Å². The van der Waals surface area contributed by atoms with Gasteiger partial charge in [-0.05, 0) is 50.6 Å². The van der Waals surface area contributed by atoms with Gasteiger partial charge in [0.05, 0.1) is 12.6 Å². The van der Waals surface area contributed by atoms with E-state index in [2.05, 4.69) is 49.2 Å². The third-order valence-corrected chi connectivity index (χ3v) is 6.21. The van der Waals surface area contributed by atoms with Gasteiger partial charge in [0, 0.05) is 18.5 Å². The van der Waals surface area contributed by atoms with Gasteiger partial charge in [0.25, 0.3) is 0 Å². The second-order valence-corrected chi connectivity index (χ2v) is 8.54. The van der Waals surface area contributed by atoms with E-state index in [1.165, 1.54) is 31.2 Å². The van der Waals surface area contributed by atoms with E-state index in [1.54, 1.807) is 0 Å². The van der Waals surface area contributed by atoms with Crippen LogP contribution < -0.4 is 5.32 Å². The maximum atomic E-state index is 13.0. The molecule has 2 aromatic rings. The van der Waals surface area contributed by atoms with Crippen LogP contribution in [-0.4, -0.2) is 38.2 Å². The van der Waals surface area contributed by atoms with Crippen LogP contribution in [0.2, 0.25) is 0 Å². The lowest BCUT2D eigenvalue weighted by atomic mass is 10.0. The van der Waals surface area contributed by atoms with E-state index >= 15 is 0 Å². The largest absolute Gasteiger partial charge is 0.347 e. The Morgan fingerprint density at radius 3 is 2.61 bits per heavy atom. The summed E-state index contributed by atoms with van der Waals surface area (Å²) < 4.78 is 2.32. The summed E-state index contributed by atoms with van der Waals surface area (Å²) in [6.07, 6.45) is 8.10. The Morgan fingerprint density at radius 1 is 1.04 bits per heavy atom. The molecule has 148 valence electrons. The van der Waals surface area contributed by atoms with Gasteiger partial charge >= 0.3 is 0 Å². The first-order valence-corrected chi connectivity index (χ1v) is 10.8. The van der Waals surface area contributed by atoms with Crippen molar-refractivity contribution >= 4 is 5.91 Å². The van der Waals surface area contributed by atoms with Crippen LogP contribution in [-0.2, 0) is 17.9 Å². The molecule has 1 aromatic heterocycles. The minimum atomic E-state index is -0.0471. The van der Waals surface area contributed by atoms with Gasteiger partial charge < -0.3 is 9.88 Å². The van der Waals surface area contributed by atoms with Crippen molar-refractivity contribution in [1.29, 1.82) is 0 Å². The van der Waals surface area contributed by atoms with Gasteiger partial charge in [-0.1, -0.05) is 36.8 Å². The zero-order valence-electron chi connectivity index (χ0n) is 16.4. The third kappa shape index (κ3) is 3.83. The maximum absolute atomic E-state index is 13.0. The van der Waals surface area contributed by atoms with Crippen molar-refractivity contribution in [3.63, 3.8) is 0 Å². The van der Waals surface area contributed by atoms with Crippen molar-refractivity contribution in [2.24, 2.45) is 0 Å². The topological polar surface area (TPSA) is 63.1 Å². The second-order valence-electron chi connectivity index (χ2n) is 8.54. The number of benzene rings is 1. The standard InChI is InChI=1S/C22H29N5O/c28-22(19-8-4-5-13-26(19)15-16-6-2-1-3-7-16)23-14-20-24-25-21(17-9-10-17)27(20)18-11-12-18/h1-3,6-7,17-19H,4-5,8-15H2,(H,23,28). The molecule has 6 heteroatoms. The maximum Gasteiger partial charge on any atom is 0.237 e. The molecule has 5 rings (SSSR count). The highest BCUT2D eigenvalue weighted by Gasteiger charge is 2.36. The van der Waals surface area contributed by atoms with Gasteiger partial charge in [-0.25, -0.2) is 0 Å². The molecular weight excluding hydrogens is 350 g/mol. The van der Waals surface area contributed by atoms with Gasteiger partial charge in [0.15, 0.2) is 5.82 Å². The molecule has 1 aromatic carbocycles. The minimum absolute atomic E-state index is 0.0471. The molecule has 3 fully saturated rings. The van der Waals surface area contributed by atoms with Crippen LogP contribution in [0.5, 0.6) is 0 Å². The van der Waals surface area contributed by atoms with E-state index in [-0.39, 0.29) is 11.9 Å². The first kappa shape index (κ1) is 17.9. The van der Waals surface area contributed by atoms with Gasteiger partial charge in [0.1, 0.15) is 5.82 Å². The van der Waals surface area contributed by atoms with Crippen LogP contribution in [0.4, 0.5) is 0 Å². The lowest BCUT2D eigenvalue weighted by molar-refractivity contribution is -0.128. The highest BCUT2D eigenvalue weighted by Crippen LogP contribution is 2.44. The van der Waals surface area contributed by atoms with E-state index in [9.17, 15) is 4.79 Å². The summed E-state index contributed by atoms with van der Waals surface area (Å²) in [6, 6.07) is 11.0. The molecule has 0 spiro atoms. The predicted molar refractivity (Wildman–Crippen MR) is 107 cm³/mol. The number of rotatable bonds is 7. The number of carbonyl (C=O) groups is 1. The zero-order chi connectivity index (χ0) is 18.9. The number of hydrogen-bond donors (Lipinski definition) is 1. The molecule has 1 atom stereocenters. The zero-order valence-corrected chi connectivity index (χ0v) is 16.4. The molecule has 2 aliphatic carbocycles. The number of aromatic nitrogens is 3. The van der Waals surface area contributed by atoms with E-state index < -0.39 is 0 Å². The Bertz CT molecular complexity index is 825. The fraction of sp³-hybridized carbons (Fsp3) is 0.591. The summed E-state index contributed by atoms with van der Waals surface area (Å²) in [5, 5.41) is 12.1. The summed E-state index contributed by atoms with van der Waals surface area (Å²) in [4.78, 5) is 15.3. The molecule has 28 heavy (non-hydrogen) atoms. The van der Waals surface area contributed by atoms with Gasteiger partial charge in [-0.15, -0.1) is 10.2 Å². The molecule has 1 saturated heterocycles. The van der Waals surface area contributed by atoms with Gasteiger partial charge in [-0.3, -0.25) is 9.69 Å². The molecular formula is C22H29N5O. The molecule has 6 nitrogen and oxygen atoms in total. The number of carbonyl (C=O) groups excluding carboxylic acids is 1. The normalized spacial score (nSPS) is 22.9. The Balaban J connectivity index is 1.24. The van der Waals surface area contributed by atoms with Crippen molar-refractivity contribution in [3.05, 3.63) is 47.5 Å². The number of hydrogen-bond acceptors (Lipinski definition) is 4. The molecule has 3 aliphatic rings. The highest BCUT2D eigenvalue weighted by molar-refractivity contribution is 5.81. The smallest absolute Gasteiger partial charge is 0.237 e. The number of amides is 1. The van der Waals surface area contributed by atoms with Crippen LogP contribution >= 0.6 is 0 Å². The van der Waals surface area contributed by atoms with Gasteiger partial charge in [0.2, 0.25) is 5.91 Å². The fourth-order valence-corrected chi connectivity index (χ4v) is 4.39. The summed E-state index contributed by atoms with van der Waals surface area (Å²) in [5.41, 5.74) is 1.27. The summed E-state index contributed by atoms with van der Waals surface area (Å²) >= 11 is 0. The SMILES string of the molecule is O=C(NCc1nnc(C2CC2)n1C1CC1)C1CCCCN1Cc1ccccc1. The predicted octanol–water partition coefficient (Wildman–Crippen LogP) is 3.16. The molecule has 1 unspecified atom stereocenters. The lowest BCUT2D eigenvalue weighted by Gasteiger charge is -2.34. The van der Waals surface area contributed by atoms with E-state index in [0.29, 0.717) is 18.5 Å². The van der Waals surface area contributed by atoms with Crippen molar-refractivity contribution in [1.82, 2.24) is 25.0 Å². The number of nitrogens with one attached hydrogen (secondary N) is 1. The minimum Gasteiger partial charge on any atom is -0.347 e. The van der Waals surface area contributed by atoms with E-state index in [1.807, 2.05) is 6.07 Å². The average Bonchev–Trinajstić information content (AvgIpc) is 3.66. The van der Waals surface area contributed by atoms with E-state index in [4.69, 9.17) is 0 Å². The second kappa shape index (κ2) is 7.66. The Morgan fingerprint density at radius 2 is 1.86 bits per heavy atom. The summed E-state index contributed by atoms with van der Waals surface area (Å²) in [5.74, 6) is 2.81. The van der Waals surface area contributed by atoms with E-state index in [0.717, 1.165) is 44.0 Å². The van der Waals surface area contributed by atoms with Crippen molar-refractivity contribution in [2.45, 2.75) is 76.0 Å². The Kier molecular flexibility index (Phi) is 4.89. The molecule has 1 N–H and O–H groups in total. The number of likely N-dealkylation sites (tertiary alicyclic amines) is 1. The van der Waals surface area contributed by atoms with Crippen LogP contribution in [0.25, 0.3) is 0 Å². The molecule has 0 radical (unpaired) electrons. The quantitative estimate of drug-likeness (QED) is 0.803. The summed E-state index contributed by atoms with van der Waals surface area (Å²) in [6.45, 7) is 2.31. The molecule has 1 amide bonds. The Hall–Kier alpha value is -2.21. The molecule has 1 aliphatic heterocycles. The van der Waals surface area contributed by atoms with Crippen molar-refractivity contribution in [2.75, 3.05) is 6.54 Å². The van der Waals surface area contributed by atoms with Crippen LogP contribution in [0, 0.1) is 0 Å². The number of piperidine rings is 1. The van der Waals surface area contributed by atoms with Crippen molar-refractivity contribution in [3.8, 4) is 0 Å². The third-order valence-electron chi connectivity index (χ3n) is 6.21. The fourth-order valence-electron chi connectivity index (χ4n) is 4.39. The lowest BCUT2D eigenvalue weighted by Crippen LogP contribution is -2.49. The Labute approximate surface area is 166 Å². The van der Waals surface area contributed by atoms with Gasteiger partial charge in [-0.2, -0.15) is 0 Å². The summed E-state index contributed by atoms with van der Waals surface area (Å²) in [7, 11) is 0. The average molecular weight is 380 g/mol. The molecule has 2 saturated carbocycles. The van der Waals surface area contributed by atoms with Crippen molar-refractivity contribution < 1.29 is 4.79 Å². The molecule has 2 heterocycles. The number of nitrogens with zero attached hydrogens (tertiary/aromatic N) is 4. The molecule has 0 bridgehead atoms. The first-order valence-electron chi connectivity index (χ1n) is 10.8. The van der Waals surface area contributed by atoms with Crippen LogP contribution in [0.1, 0.15) is 74.1 Å². The monoisotopic (exact) mass is 379 g/mol. The first-order chi connectivity index (χ1) is 13.8.